The predicted molar refractivity (Wildman–Crippen MR) is 89.5 cm³/mol. The molecule has 13 heteroatoms. The third kappa shape index (κ3) is 3.60. The zero-order valence-corrected chi connectivity index (χ0v) is 14.2. The van der Waals surface area contributed by atoms with Gasteiger partial charge in [0, 0.05) is 20.1 Å². The minimum Gasteiger partial charge on any atom is -0.387 e. The molecule has 0 aliphatic carbocycles. The van der Waals surface area contributed by atoms with Crippen molar-refractivity contribution in [3.05, 3.63) is 23.0 Å². The zero-order valence-electron chi connectivity index (χ0n) is 14.2. The maximum Gasteiger partial charge on any atom is 0.314 e. The molecule has 2 aromatic rings. The lowest BCUT2D eigenvalue weighted by molar-refractivity contribution is -0.137. The van der Waals surface area contributed by atoms with Crippen LogP contribution in [0.4, 0.5) is 4.79 Å². The molecule has 1 aliphatic heterocycles. The molecular weight excluding hydrogens is 362 g/mol. The van der Waals surface area contributed by atoms with E-state index in [4.69, 9.17) is 4.74 Å². The van der Waals surface area contributed by atoms with E-state index in [1.807, 2.05) is 0 Å². The van der Waals surface area contributed by atoms with Crippen molar-refractivity contribution in [2.45, 2.75) is 24.5 Å². The zero-order chi connectivity index (χ0) is 19.6. The Hall–Kier alpha value is -3.03. The number of carbonyl (C=O) groups is 2. The van der Waals surface area contributed by atoms with Crippen LogP contribution in [0.2, 0.25) is 0 Å². The van der Waals surface area contributed by atoms with E-state index in [9.17, 15) is 24.6 Å². The summed E-state index contributed by atoms with van der Waals surface area (Å²) in [7, 11) is 1.46. The molecule has 3 rings (SSSR count). The second-order valence-corrected chi connectivity index (χ2v) is 5.78. The van der Waals surface area contributed by atoms with Gasteiger partial charge in [0.1, 0.15) is 12.2 Å². The first-order valence-corrected chi connectivity index (χ1v) is 8.09. The van der Waals surface area contributed by atoms with Crippen LogP contribution < -0.4 is 21.5 Å². The number of aromatic nitrogens is 4. The molecule has 1 fully saturated rings. The Balaban J connectivity index is 1.68. The molecule has 3 amide bonds. The molecule has 0 bridgehead atoms. The number of aliphatic hydroxyl groups excluding tert-OH is 2. The maximum absolute atomic E-state index is 12.2. The fourth-order valence-electron chi connectivity index (χ4n) is 2.71. The van der Waals surface area contributed by atoms with Gasteiger partial charge in [0.05, 0.1) is 12.7 Å². The lowest BCUT2D eigenvalue weighted by atomic mass is 10.1. The van der Waals surface area contributed by atoms with Gasteiger partial charge in [0.25, 0.3) is 11.5 Å². The topological polar surface area (TPSA) is 183 Å². The van der Waals surface area contributed by atoms with Crippen molar-refractivity contribution in [1.29, 1.82) is 0 Å². The van der Waals surface area contributed by atoms with E-state index in [0.29, 0.717) is 0 Å². The van der Waals surface area contributed by atoms with Gasteiger partial charge in [-0.15, -0.1) is 0 Å². The highest BCUT2D eigenvalue weighted by Gasteiger charge is 2.47. The number of hydrogen-bond donors (Lipinski definition) is 6. The van der Waals surface area contributed by atoms with Crippen molar-refractivity contribution >= 4 is 23.1 Å². The lowest BCUT2D eigenvalue weighted by Crippen LogP contribution is -2.45. The Bertz CT molecular complexity index is 895. The second-order valence-electron chi connectivity index (χ2n) is 5.78. The molecule has 2 aromatic heterocycles. The number of amides is 3. The van der Waals surface area contributed by atoms with Crippen LogP contribution in [-0.2, 0) is 9.53 Å². The van der Waals surface area contributed by atoms with Gasteiger partial charge < -0.3 is 35.9 Å². The van der Waals surface area contributed by atoms with Gasteiger partial charge in [-0.2, -0.15) is 0 Å². The first kappa shape index (κ1) is 18.8. The summed E-state index contributed by atoms with van der Waals surface area (Å²) in [5.41, 5.74) is -0.286. The van der Waals surface area contributed by atoms with Gasteiger partial charge in [-0.25, -0.2) is 14.8 Å². The summed E-state index contributed by atoms with van der Waals surface area (Å²) in [5.74, 6) is -0.655. The molecule has 1 saturated heterocycles. The van der Waals surface area contributed by atoms with Crippen LogP contribution in [0.15, 0.2) is 17.4 Å². The van der Waals surface area contributed by atoms with E-state index >= 15 is 0 Å². The van der Waals surface area contributed by atoms with Crippen molar-refractivity contribution in [3.63, 3.8) is 0 Å². The van der Waals surface area contributed by atoms with Crippen LogP contribution in [0.1, 0.15) is 6.23 Å². The summed E-state index contributed by atoms with van der Waals surface area (Å²) in [6.45, 7) is 0.267. The monoisotopic (exact) mass is 381 g/mol. The highest BCUT2D eigenvalue weighted by molar-refractivity contribution is 5.82. The Morgan fingerprint density at radius 2 is 2.00 bits per heavy atom. The number of hydrogen-bond acceptors (Lipinski definition) is 8. The Morgan fingerprint density at radius 1 is 1.26 bits per heavy atom. The van der Waals surface area contributed by atoms with E-state index in [-0.39, 0.29) is 24.3 Å². The SMILES string of the molecule is CNC(=O)NCCNC(=O)[C@H]1OC(n2cnc3c(=O)[nH]cnc32)[C@H](O)[C@@H]1O. The number of H-pyrrole nitrogens is 1. The van der Waals surface area contributed by atoms with Crippen LogP contribution in [0.3, 0.4) is 0 Å². The Kier molecular flexibility index (Phi) is 5.34. The first-order chi connectivity index (χ1) is 12.9. The number of aliphatic hydroxyl groups is 2. The highest BCUT2D eigenvalue weighted by Crippen LogP contribution is 2.30. The number of imidazole rings is 1. The van der Waals surface area contributed by atoms with Gasteiger partial charge in [0.15, 0.2) is 23.5 Å². The largest absolute Gasteiger partial charge is 0.387 e. The van der Waals surface area contributed by atoms with E-state index in [1.54, 1.807) is 0 Å². The number of carbonyl (C=O) groups excluding carboxylic acids is 2. The van der Waals surface area contributed by atoms with Gasteiger partial charge in [-0.3, -0.25) is 14.2 Å². The first-order valence-electron chi connectivity index (χ1n) is 8.09. The molecule has 4 atom stereocenters. The Morgan fingerprint density at radius 3 is 2.74 bits per heavy atom. The molecule has 13 nitrogen and oxygen atoms in total. The average Bonchev–Trinajstić information content (AvgIpc) is 3.21. The van der Waals surface area contributed by atoms with Crippen LogP contribution in [0.5, 0.6) is 0 Å². The molecule has 3 heterocycles. The second kappa shape index (κ2) is 7.69. The number of rotatable bonds is 5. The molecule has 1 aliphatic rings. The maximum atomic E-state index is 12.2. The van der Waals surface area contributed by atoms with Crippen LogP contribution in [0.25, 0.3) is 11.2 Å². The predicted octanol–water partition coefficient (Wildman–Crippen LogP) is -3.22. The quantitative estimate of drug-likeness (QED) is 0.292. The standard InChI is InChI=1S/C14H19N7O6/c1-15-14(26)17-3-2-16-12(25)9-7(22)8(23)13(27-9)21-5-20-6-10(21)18-4-19-11(6)24/h4-5,7-9,13,22-23H,2-3H2,1H3,(H,16,25)(H2,15,17,26)(H,18,19,24)/t7-,8+,9-,13?/m0/s1. The van der Waals surface area contributed by atoms with E-state index in [0.717, 1.165) is 0 Å². The fourth-order valence-corrected chi connectivity index (χ4v) is 2.71. The summed E-state index contributed by atoms with van der Waals surface area (Å²) in [6, 6.07) is -0.397. The molecule has 146 valence electrons. The third-order valence-corrected chi connectivity index (χ3v) is 4.07. The minimum atomic E-state index is -1.50. The van der Waals surface area contributed by atoms with Crippen LogP contribution >= 0.6 is 0 Å². The molecule has 27 heavy (non-hydrogen) atoms. The number of nitrogens with one attached hydrogen (secondary N) is 4. The number of fused-ring (bicyclic) bond motifs is 1. The van der Waals surface area contributed by atoms with Crippen molar-refractivity contribution in [2.75, 3.05) is 20.1 Å². The van der Waals surface area contributed by atoms with Crippen molar-refractivity contribution in [3.8, 4) is 0 Å². The van der Waals surface area contributed by atoms with E-state index < -0.39 is 42.0 Å². The average molecular weight is 381 g/mol. The molecule has 6 N–H and O–H groups in total. The van der Waals surface area contributed by atoms with Gasteiger partial charge in [-0.05, 0) is 0 Å². The summed E-state index contributed by atoms with van der Waals surface area (Å²) in [5, 5.41) is 27.8. The molecule has 0 spiro atoms. The molecule has 0 saturated carbocycles. The normalized spacial score (nSPS) is 24.7. The summed E-state index contributed by atoms with van der Waals surface area (Å²) in [6.07, 6.45) is -3.03. The lowest BCUT2D eigenvalue weighted by Gasteiger charge is -2.16. The van der Waals surface area contributed by atoms with Gasteiger partial charge in [0.2, 0.25) is 0 Å². The fraction of sp³-hybridized carbons (Fsp3) is 0.500. The number of urea groups is 1. The van der Waals surface area contributed by atoms with Gasteiger partial charge >= 0.3 is 6.03 Å². The molecule has 0 radical (unpaired) electrons. The molecule has 0 aromatic carbocycles. The number of aromatic amines is 1. The summed E-state index contributed by atoms with van der Waals surface area (Å²) in [4.78, 5) is 45.3. The number of nitrogens with zero attached hydrogens (tertiary/aromatic N) is 3. The van der Waals surface area contributed by atoms with Crippen molar-refractivity contribution < 1.29 is 24.5 Å². The van der Waals surface area contributed by atoms with Gasteiger partial charge in [-0.1, -0.05) is 0 Å². The Labute approximate surface area is 151 Å². The van der Waals surface area contributed by atoms with Crippen molar-refractivity contribution in [2.24, 2.45) is 0 Å². The summed E-state index contributed by atoms with van der Waals surface area (Å²) < 4.78 is 6.78. The van der Waals surface area contributed by atoms with Crippen LogP contribution in [0, 0.1) is 0 Å². The smallest absolute Gasteiger partial charge is 0.314 e. The van der Waals surface area contributed by atoms with Crippen LogP contribution in [-0.4, -0.2) is 80.1 Å². The highest BCUT2D eigenvalue weighted by atomic mass is 16.6. The minimum absolute atomic E-state index is 0.0379. The third-order valence-electron chi connectivity index (χ3n) is 4.07. The summed E-state index contributed by atoms with van der Waals surface area (Å²) >= 11 is 0. The van der Waals surface area contributed by atoms with Crippen molar-refractivity contribution in [1.82, 2.24) is 35.5 Å². The number of ether oxygens (including phenoxy) is 1. The van der Waals surface area contributed by atoms with E-state index in [2.05, 4.69) is 30.9 Å². The van der Waals surface area contributed by atoms with E-state index in [1.165, 1.54) is 24.3 Å². The molecular formula is C14H19N7O6. The molecule has 1 unspecified atom stereocenters.